The molecule has 3 rings (SSSR count). The minimum atomic E-state index is -5.08. The van der Waals surface area contributed by atoms with E-state index in [9.17, 15) is 32.7 Å². The summed E-state index contributed by atoms with van der Waals surface area (Å²) in [5.41, 5.74) is -2.22. The molecule has 2 aliphatic rings. The molecule has 1 unspecified atom stereocenters. The highest BCUT2D eigenvalue weighted by molar-refractivity contribution is 6.05. The van der Waals surface area contributed by atoms with Crippen LogP contribution in [0.2, 0.25) is 0 Å². The van der Waals surface area contributed by atoms with Crippen molar-refractivity contribution >= 4 is 23.7 Å². The third-order valence-corrected chi connectivity index (χ3v) is 6.05. The Balaban J connectivity index is 0.000000638. The Morgan fingerprint density at radius 2 is 1.47 bits per heavy atom. The van der Waals surface area contributed by atoms with Gasteiger partial charge in [-0.05, 0) is 38.1 Å². The van der Waals surface area contributed by atoms with Gasteiger partial charge in [-0.15, -0.1) is 0 Å². The zero-order valence-corrected chi connectivity index (χ0v) is 20.6. The van der Waals surface area contributed by atoms with Gasteiger partial charge in [-0.25, -0.2) is 19.3 Å². The van der Waals surface area contributed by atoms with Gasteiger partial charge >= 0.3 is 29.8 Å². The molecule has 1 aromatic carbocycles. The molecule has 2 saturated heterocycles. The van der Waals surface area contributed by atoms with E-state index in [1.165, 1.54) is 19.1 Å². The van der Waals surface area contributed by atoms with E-state index in [0.29, 0.717) is 32.2 Å². The number of piperidine rings is 1. The van der Waals surface area contributed by atoms with Crippen molar-refractivity contribution in [1.29, 1.82) is 0 Å². The summed E-state index contributed by atoms with van der Waals surface area (Å²) in [6.07, 6.45) is -3.00. The second-order valence-corrected chi connectivity index (χ2v) is 8.54. The third kappa shape index (κ3) is 8.03. The van der Waals surface area contributed by atoms with E-state index in [2.05, 4.69) is 10.2 Å². The number of alkyl halides is 3. The van der Waals surface area contributed by atoms with E-state index in [0.717, 1.165) is 25.9 Å². The summed E-state index contributed by atoms with van der Waals surface area (Å²) in [7, 11) is 0. The molecule has 0 spiro atoms. The predicted molar refractivity (Wildman–Crippen MR) is 124 cm³/mol. The fourth-order valence-corrected chi connectivity index (χ4v) is 4.21. The molecule has 12 nitrogen and oxygen atoms in total. The molecule has 38 heavy (non-hydrogen) atoms. The first-order valence-corrected chi connectivity index (χ1v) is 11.7. The summed E-state index contributed by atoms with van der Waals surface area (Å²) in [6, 6.07) is 6.59. The number of benzene rings is 1. The number of ether oxygens (including phenoxy) is 2. The molecule has 4 N–H and O–H groups in total. The Labute approximate surface area is 215 Å². The van der Waals surface area contributed by atoms with Gasteiger partial charge in [-0.2, -0.15) is 13.2 Å². The SMILES string of the molecule is CC(=O)C(Oc1ccccc1OCC(=O)O)(C(=O)O)N1CCN(C2CCNCC2)CC1.O=C(O)C(F)(F)F. The number of rotatable bonds is 9. The summed E-state index contributed by atoms with van der Waals surface area (Å²) < 4.78 is 42.8. The fraction of sp³-hybridized carbons (Fsp3) is 0.565. The molecule has 0 radical (unpaired) electrons. The lowest BCUT2D eigenvalue weighted by molar-refractivity contribution is -0.192. The minimum absolute atomic E-state index is 0.00198. The highest BCUT2D eigenvalue weighted by Gasteiger charge is 2.53. The Hall–Kier alpha value is -3.43. The van der Waals surface area contributed by atoms with Crippen molar-refractivity contribution in [3.63, 3.8) is 0 Å². The standard InChI is InChI=1S/C21H29N3O7.C2HF3O2/c1-15(25)21(20(28)29,31-18-5-3-2-4-17(18)30-14-19(26)27)24-12-10-23(11-13-24)16-6-8-22-9-7-16;3-2(4,5)1(6)7/h2-5,16,22H,6-14H2,1H3,(H,26,27)(H,28,29);(H,6,7). The third-order valence-electron chi connectivity index (χ3n) is 6.05. The number of aliphatic carboxylic acids is 3. The van der Waals surface area contributed by atoms with Gasteiger partial charge in [0, 0.05) is 39.1 Å². The van der Waals surface area contributed by atoms with Gasteiger partial charge in [0.1, 0.15) is 0 Å². The van der Waals surface area contributed by atoms with Gasteiger partial charge in [0.2, 0.25) is 5.78 Å². The number of hydrogen-bond acceptors (Lipinski definition) is 9. The first kappa shape index (κ1) is 30.8. The smallest absolute Gasteiger partial charge is 0.479 e. The molecule has 2 heterocycles. The normalized spacial score (nSPS) is 18.8. The summed E-state index contributed by atoms with van der Waals surface area (Å²) in [4.78, 5) is 48.7. The average molecular weight is 549 g/mol. The zero-order valence-electron chi connectivity index (χ0n) is 20.6. The summed E-state index contributed by atoms with van der Waals surface area (Å²) in [5.74, 6) is -5.95. The van der Waals surface area contributed by atoms with E-state index in [4.69, 9.17) is 24.5 Å². The van der Waals surface area contributed by atoms with Crippen molar-refractivity contribution < 1.29 is 57.1 Å². The molecule has 15 heteroatoms. The van der Waals surface area contributed by atoms with Crippen LogP contribution in [0.4, 0.5) is 13.2 Å². The Bertz CT molecular complexity index is 978. The van der Waals surface area contributed by atoms with Crippen LogP contribution in [0, 0.1) is 0 Å². The van der Waals surface area contributed by atoms with Crippen LogP contribution in [0.5, 0.6) is 11.5 Å². The fourth-order valence-electron chi connectivity index (χ4n) is 4.21. The van der Waals surface area contributed by atoms with Crippen molar-refractivity contribution in [3.8, 4) is 11.5 Å². The van der Waals surface area contributed by atoms with Crippen LogP contribution in [-0.2, 0) is 19.2 Å². The summed E-state index contributed by atoms with van der Waals surface area (Å²) >= 11 is 0. The average Bonchev–Trinajstić information content (AvgIpc) is 2.86. The number of nitrogens with zero attached hydrogens (tertiary/aromatic N) is 2. The summed E-state index contributed by atoms with van der Waals surface area (Å²) in [6.45, 7) is 4.48. The molecule has 2 fully saturated rings. The molecule has 212 valence electrons. The first-order chi connectivity index (χ1) is 17.8. The molecular formula is C23H30F3N3O9. The maximum absolute atomic E-state index is 12.7. The molecule has 0 bridgehead atoms. The van der Waals surface area contributed by atoms with Crippen LogP contribution in [0.25, 0.3) is 0 Å². The van der Waals surface area contributed by atoms with Gasteiger partial charge < -0.3 is 30.1 Å². The van der Waals surface area contributed by atoms with Crippen LogP contribution in [-0.4, -0.2) is 113 Å². The monoisotopic (exact) mass is 549 g/mol. The van der Waals surface area contributed by atoms with Gasteiger partial charge in [0.05, 0.1) is 0 Å². The van der Waals surface area contributed by atoms with Crippen molar-refractivity contribution in [3.05, 3.63) is 24.3 Å². The number of para-hydroxylation sites is 2. The number of halogens is 3. The number of hydrogen-bond donors (Lipinski definition) is 4. The topological polar surface area (TPSA) is 166 Å². The van der Waals surface area contributed by atoms with Crippen LogP contribution in [0.1, 0.15) is 19.8 Å². The van der Waals surface area contributed by atoms with E-state index in [1.807, 2.05) is 0 Å². The number of carbonyl (C=O) groups excluding carboxylic acids is 1. The number of ketones is 1. The molecule has 0 aliphatic carbocycles. The minimum Gasteiger partial charge on any atom is -0.479 e. The molecule has 0 aromatic heterocycles. The largest absolute Gasteiger partial charge is 0.490 e. The lowest BCUT2D eigenvalue weighted by atomic mass is 10.0. The van der Waals surface area contributed by atoms with E-state index in [-0.39, 0.29) is 11.5 Å². The van der Waals surface area contributed by atoms with E-state index < -0.39 is 42.2 Å². The number of carbonyl (C=O) groups is 4. The highest BCUT2D eigenvalue weighted by atomic mass is 19.4. The lowest BCUT2D eigenvalue weighted by Crippen LogP contribution is -2.68. The Morgan fingerprint density at radius 3 is 1.92 bits per heavy atom. The van der Waals surface area contributed by atoms with Gasteiger partial charge in [0.25, 0.3) is 0 Å². The van der Waals surface area contributed by atoms with E-state index >= 15 is 0 Å². The predicted octanol–water partition coefficient (Wildman–Crippen LogP) is 0.902. The molecule has 0 amide bonds. The molecule has 1 atom stereocenters. The molecule has 2 aliphatic heterocycles. The van der Waals surface area contributed by atoms with Crippen LogP contribution < -0.4 is 14.8 Å². The second kappa shape index (κ2) is 13.4. The van der Waals surface area contributed by atoms with Crippen LogP contribution >= 0.6 is 0 Å². The van der Waals surface area contributed by atoms with Crippen LogP contribution in [0.3, 0.4) is 0 Å². The zero-order chi connectivity index (χ0) is 28.5. The van der Waals surface area contributed by atoms with Crippen molar-refractivity contribution in [2.24, 2.45) is 0 Å². The quantitative estimate of drug-likeness (QED) is 0.322. The van der Waals surface area contributed by atoms with Gasteiger partial charge in [0.15, 0.2) is 18.1 Å². The maximum Gasteiger partial charge on any atom is 0.490 e. The highest BCUT2D eigenvalue weighted by Crippen LogP contribution is 2.33. The van der Waals surface area contributed by atoms with E-state index in [1.54, 1.807) is 17.0 Å². The number of piperazine rings is 1. The maximum atomic E-state index is 12.7. The Kier molecular flexibility index (Phi) is 10.9. The Morgan fingerprint density at radius 1 is 0.947 bits per heavy atom. The number of carboxylic acids is 3. The number of Topliss-reactive ketones (excluding diaryl/α,β-unsaturated/α-hetero) is 1. The van der Waals surface area contributed by atoms with Gasteiger partial charge in [-0.1, -0.05) is 12.1 Å². The lowest BCUT2D eigenvalue weighted by Gasteiger charge is -2.45. The van der Waals surface area contributed by atoms with Crippen molar-refractivity contribution in [2.75, 3.05) is 45.9 Å². The number of carboxylic acid groups (broad SMARTS) is 3. The van der Waals surface area contributed by atoms with Crippen LogP contribution in [0.15, 0.2) is 24.3 Å². The second-order valence-electron chi connectivity index (χ2n) is 8.54. The molecule has 1 aromatic rings. The first-order valence-electron chi connectivity index (χ1n) is 11.7. The van der Waals surface area contributed by atoms with Crippen molar-refractivity contribution in [2.45, 2.75) is 37.7 Å². The molecule has 0 saturated carbocycles. The number of nitrogens with one attached hydrogen (secondary N) is 1. The van der Waals surface area contributed by atoms with Crippen molar-refractivity contribution in [1.82, 2.24) is 15.1 Å². The van der Waals surface area contributed by atoms with Gasteiger partial charge in [-0.3, -0.25) is 9.69 Å². The molecular weight excluding hydrogens is 519 g/mol. The summed E-state index contributed by atoms with van der Waals surface area (Å²) in [5, 5.41) is 29.4.